The van der Waals surface area contributed by atoms with Gasteiger partial charge < -0.3 is 10.2 Å². The molecule has 0 amide bonds. The second-order valence-corrected chi connectivity index (χ2v) is 6.25. The molecular formula is C15H21ClN2S. The zero-order valence-electron chi connectivity index (χ0n) is 11.7. The number of hydrogen-bond acceptors (Lipinski definition) is 1. The van der Waals surface area contributed by atoms with Crippen LogP contribution in [0.1, 0.15) is 38.7 Å². The number of halogens is 1. The van der Waals surface area contributed by atoms with Crippen molar-refractivity contribution >= 4 is 34.6 Å². The lowest BCUT2D eigenvalue weighted by atomic mass is 9.98. The number of aryl methyl sites for hydroxylation is 1. The van der Waals surface area contributed by atoms with Crippen molar-refractivity contribution in [2.75, 3.05) is 5.32 Å². The number of thiocarbonyl (C=S) groups is 1. The van der Waals surface area contributed by atoms with Crippen molar-refractivity contribution in [3.8, 4) is 0 Å². The van der Waals surface area contributed by atoms with Gasteiger partial charge in [0.1, 0.15) is 0 Å². The Morgan fingerprint density at radius 3 is 2.58 bits per heavy atom. The quantitative estimate of drug-likeness (QED) is 0.762. The van der Waals surface area contributed by atoms with Crippen molar-refractivity contribution in [3.05, 3.63) is 28.8 Å². The highest BCUT2D eigenvalue weighted by Gasteiger charge is 2.26. The maximum atomic E-state index is 6.05. The van der Waals surface area contributed by atoms with E-state index in [1.54, 1.807) is 0 Å². The van der Waals surface area contributed by atoms with E-state index in [-0.39, 0.29) is 0 Å². The van der Waals surface area contributed by atoms with Gasteiger partial charge in [-0.3, -0.25) is 0 Å². The minimum absolute atomic E-state index is 0.503. The largest absolute Gasteiger partial charge is 0.344 e. The smallest absolute Gasteiger partial charge is 0.173 e. The Hall–Kier alpha value is -0.800. The number of rotatable bonds is 1. The van der Waals surface area contributed by atoms with E-state index in [2.05, 4.69) is 31.0 Å². The second-order valence-electron chi connectivity index (χ2n) is 5.43. The van der Waals surface area contributed by atoms with Gasteiger partial charge in [-0.1, -0.05) is 17.7 Å². The third-order valence-electron chi connectivity index (χ3n) is 3.87. The summed E-state index contributed by atoms with van der Waals surface area (Å²) in [6.07, 6.45) is 3.71. The molecule has 0 radical (unpaired) electrons. The molecule has 0 aromatic heterocycles. The summed E-state index contributed by atoms with van der Waals surface area (Å²) in [6.45, 7) is 6.55. The van der Waals surface area contributed by atoms with Crippen LogP contribution in [0.5, 0.6) is 0 Å². The predicted octanol–water partition coefficient (Wildman–Crippen LogP) is 4.61. The molecule has 1 heterocycles. The molecule has 4 heteroatoms. The molecule has 19 heavy (non-hydrogen) atoms. The maximum absolute atomic E-state index is 6.05. The van der Waals surface area contributed by atoms with Gasteiger partial charge in [0, 0.05) is 22.8 Å². The fourth-order valence-corrected chi connectivity index (χ4v) is 3.37. The van der Waals surface area contributed by atoms with Crippen molar-refractivity contribution in [2.24, 2.45) is 0 Å². The molecule has 0 saturated carbocycles. The first kappa shape index (κ1) is 14.6. The first-order valence-corrected chi connectivity index (χ1v) is 7.63. The Morgan fingerprint density at radius 2 is 1.95 bits per heavy atom. The fraction of sp³-hybridized carbons (Fsp3) is 0.533. The van der Waals surface area contributed by atoms with E-state index in [9.17, 15) is 0 Å². The normalized spacial score (nSPS) is 23.3. The lowest BCUT2D eigenvalue weighted by Crippen LogP contribution is -2.49. The van der Waals surface area contributed by atoms with Gasteiger partial charge in [-0.25, -0.2) is 0 Å². The van der Waals surface area contributed by atoms with Gasteiger partial charge in [0.15, 0.2) is 5.11 Å². The summed E-state index contributed by atoms with van der Waals surface area (Å²) in [5, 5.41) is 4.90. The minimum atomic E-state index is 0.503. The topological polar surface area (TPSA) is 15.3 Å². The van der Waals surface area contributed by atoms with Crippen LogP contribution in [0.15, 0.2) is 18.2 Å². The van der Waals surface area contributed by atoms with Crippen molar-refractivity contribution in [2.45, 2.75) is 52.1 Å². The molecule has 1 aliphatic rings. The van der Waals surface area contributed by atoms with Crippen LogP contribution in [0.2, 0.25) is 5.02 Å². The first-order chi connectivity index (χ1) is 8.99. The number of nitrogens with zero attached hydrogens (tertiary/aromatic N) is 1. The minimum Gasteiger partial charge on any atom is -0.344 e. The summed E-state index contributed by atoms with van der Waals surface area (Å²) in [4.78, 5) is 2.32. The summed E-state index contributed by atoms with van der Waals surface area (Å²) in [7, 11) is 0. The van der Waals surface area contributed by atoms with Gasteiger partial charge in [-0.05, 0) is 69.9 Å². The predicted molar refractivity (Wildman–Crippen MR) is 87.0 cm³/mol. The van der Waals surface area contributed by atoms with E-state index in [0.29, 0.717) is 12.1 Å². The molecule has 1 N–H and O–H groups in total. The molecule has 2 rings (SSSR count). The number of nitrogens with one attached hydrogen (secondary N) is 1. The third-order valence-corrected chi connectivity index (χ3v) is 4.42. The average Bonchev–Trinajstić information content (AvgIpc) is 2.33. The molecule has 1 saturated heterocycles. The molecule has 2 atom stereocenters. The van der Waals surface area contributed by atoms with E-state index in [4.69, 9.17) is 23.8 Å². The molecule has 0 spiro atoms. The van der Waals surface area contributed by atoms with Gasteiger partial charge in [0.2, 0.25) is 0 Å². The summed E-state index contributed by atoms with van der Waals surface area (Å²) in [5.41, 5.74) is 2.16. The maximum Gasteiger partial charge on any atom is 0.173 e. The molecule has 0 aliphatic carbocycles. The summed E-state index contributed by atoms with van der Waals surface area (Å²) in [5.74, 6) is 0. The van der Waals surface area contributed by atoms with Crippen LogP contribution in [-0.4, -0.2) is 22.1 Å². The Morgan fingerprint density at radius 1 is 1.32 bits per heavy atom. The highest BCUT2D eigenvalue weighted by Crippen LogP contribution is 2.25. The van der Waals surface area contributed by atoms with Crippen LogP contribution in [0.25, 0.3) is 0 Å². The van der Waals surface area contributed by atoms with Gasteiger partial charge >= 0.3 is 0 Å². The van der Waals surface area contributed by atoms with Crippen molar-refractivity contribution in [1.29, 1.82) is 0 Å². The number of likely N-dealkylation sites (tertiary alicyclic amines) is 1. The lowest BCUT2D eigenvalue weighted by molar-refractivity contribution is 0.194. The number of benzene rings is 1. The number of anilines is 1. The Kier molecular flexibility index (Phi) is 4.69. The van der Waals surface area contributed by atoms with Crippen LogP contribution in [0.3, 0.4) is 0 Å². The second kappa shape index (κ2) is 6.10. The molecule has 2 nitrogen and oxygen atoms in total. The van der Waals surface area contributed by atoms with E-state index < -0.39 is 0 Å². The summed E-state index contributed by atoms with van der Waals surface area (Å²) in [6, 6.07) is 6.85. The van der Waals surface area contributed by atoms with Crippen molar-refractivity contribution in [3.63, 3.8) is 0 Å². The molecule has 1 fully saturated rings. The Balaban J connectivity index is 2.13. The first-order valence-electron chi connectivity index (χ1n) is 6.84. The zero-order valence-corrected chi connectivity index (χ0v) is 13.3. The van der Waals surface area contributed by atoms with Gasteiger partial charge in [-0.2, -0.15) is 0 Å². The van der Waals surface area contributed by atoms with Crippen LogP contribution in [-0.2, 0) is 0 Å². The fourth-order valence-electron chi connectivity index (χ4n) is 2.73. The van der Waals surface area contributed by atoms with E-state index in [1.165, 1.54) is 19.3 Å². The Labute approximate surface area is 126 Å². The van der Waals surface area contributed by atoms with Crippen LogP contribution in [0, 0.1) is 6.92 Å². The summed E-state index contributed by atoms with van der Waals surface area (Å²) >= 11 is 11.6. The van der Waals surface area contributed by atoms with Gasteiger partial charge in [0.05, 0.1) is 0 Å². The zero-order chi connectivity index (χ0) is 14.0. The molecule has 104 valence electrons. The van der Waals surface area contributed by atoms with Crippen LogP contribution < -0.4 is 5.32 Å². The Bertz CT molecular complexity index is 465. The van der Waals surface area contributed by atoms with E-state index >= 15 is 0 Å². The summed E-state index contributed by atoms with van der Waals surface area (Å²) < 4.78 is 0. The lowest BCUT2D eigenvalue weighted by Gasteiger charge is -2.41. The van der Waals surface area contributed by atoms with E-state index in [1.807, 2.05) is 18.2 Å². The standard InChI is InChI=1S/C15H21ClN2S/c1-10-7-8-13(16)9-14(10)17-15(19)18-11(2)5-4-6-12(18)3/h7-9,11-12H,4-6H2,1-3H3,(H,17,19). The van der Waals surface area contributed by atoms with Crippen LogP contribution in [0.4, 0.5) is 5.69 Å². The van der Waals surface area contributed by atoms with Gasteiger partial charge in [0.25, 0.3) is 0 Å². The highest BCUT2D eigenvalue weighted by molar-refractivity contribution is 7.80. The van der Waals surface area contributed by atoms with E-state index in [0.717, 1.165) is 21.4 Å². The third kappa shape index (κ3) is 3.40. The van der Waals surface area contributed by atoms with Crippen molar-refractivity contribution < 1.29 is 0 Å². The molecule has 1 aliphatic heterocycles. The average molecular weight is 297 g/mol. The highest BCUT2D eigenvalue weighted by atomic mass is 35.5. The monoisotopic (exact) mass is 296 g/mol. The molecule has 2 unspecified atom stereocenters. The number of piperidine rings is 1. The molecular weight excluding hydrogens is 276 g/mol. The SMILES string of the molecule is Cc1ccc(Cl)cc1NC(=S)N1C(C)CCCC1C. The van der Waals surface area contributed by atoms with Crippen LogP contribution >= 0.6 is 23.8 Å². The molecule has 1 aromatic rings. The molecule has 0 bridgehead atoms. The van der Waals surface area contributed by atoms with Crippen molar-refractivity contribution in [1.82, 2.24) is 4.90 Å². The van der Waals surface area contributed by atoms with Gasteiger partial charge in [-0.15, -0.1) is 0 Å². The number of hydrogen-bond donors (Lipinski definition) is 1. The molecule has 1 aromatic carbocycles.